The zero-order valence-electron chi connectivity index (χ0n) is 15.9. The zero-order valence-corrected chi connectivity index (χ0v) is 15.9. The Morgan fingerprint density at radius 1 is 1.19 bits per heavy atom. The molecule has 0 aliphatic rings. The highest BCUT2D eigenvalue weighted by Gasteiger charge is 2.25. The van der Waals surface area contributed by atoms with Gasteiger partial charge in [0.05, 0.1) is 26.2 Å². The van der Waals surface area contributed by atoms with Crippen molar-refractivity contribution in [2.24, 2.45) is 5.92 Å². The number of carboxylic acid groups (broad SMARTS) is 1. The van der Waals surface area contributed by atoms with Crippen molar-refractivity contribution in [1.29, 1.82) is 0 Å². The largest absolute Gasteiger partial charge is 0.493 e. The highest BCUT2D eigenvalue weighted by atomic mass is 16.5. The molecule has 146 valence electrons. The van der Waals surface area contributed by atoms with E-state index in [1.165, 1.54) is 14.2 Å². The van der Waals surface area contributed by atoms with Crippen LogP contribution in [0.4, 0.5) is 0 Å². The summed E-state index contributed by atoms with van der Waals surface area (Å²) in [6.45, 7) is 5.08. The van der Waals surface area contributed by atoms with Crippen LogP contribution >= 0.6 is 0 Å². The molecule has 1 unspecified atom stereocenters. The van der Waals surface area contributed by atoms with Gasteiger partial charge in [0.2, 0.25) is 5.91 Å². The van der Waals surface area contributed by atoms with E-state index in [9.17, 15) is 19.5 Å². The Balaban J connectivity index is 2.42. The molecule has 1 atom stereocenters. The molecule has 2 N–H and O–H groups in total. The minimum atomic E-state index is -1.13. The van der Waals surface area contributed by atoms with Crippen LogP contribution in [0.3, 0.4) is 0 Å². The topological polar surface area (TPSA) is 115 Å². The van der Waals surface area contributed by atoms with Crippen molar-refractivity contribution in [2.45, 2.75) is 33.2 Å². The first-order valence-electron chi connectivity index (χ1n) is 8.40. The molecular weight excluding hydrogens is 354 g/mol. The zero-order chi connectivity index (χ0) is 20.3. The minimum Gasteiger partial charge on any atom is -0.493 e. The Bertz CT molecular complexity index is 930. The molecule has 0 saturated carbocycles. The van der Waals surface area contributed by atoms with Gasteiger partial charge in [-0.15, -0.1) is 0 Å². The Morgan fingerprint density at radius 3 is 2.30 bits per heavy atom. The van der Waals surface area contributed by atoms with Crippen molar-refractivity contribution in [3.8, 4) is 11.5 Å². The first kappa shape index (κ1) is 20.3. The quantitative estimate of drug-likeness (QED) is 0.708. The second-order valence-electron chi connectivity index (χ2n) is 6.50. The third-order valence-electron chi connectivity index (χ3n) is 4.38. The average Bonchev–Trinajstić information content (AvgIpc) is 2.61. The maximum atomic E-state index is 12.4. The summed E-state index contributed by atoms with van der Waals surface area (Å²) in [4.78, 5) is 35.9. The number of rotatable bonds is 7. The van der Waals surface area contributed by atoms with E-state index in [0.717, 1.165) is 0 Å². The third-order valence-corrected chi connectivity index (χ3v) is 4.38. The van der Waals surface area contributed by atoms with E-state index in [1.807, 2.05) is 0 Å². The second kappa shape index (κ2) is 8.11. The van der Waals surface area contributed by atoms with Gasteiger partial charge in [-0.2, -0.15) is 0 Å². The Labute approximate surface area is 156 Å². The van der Waals surface area contributed by atoms with Crippen LogP contribution in [0.15, 0.2) is 21.3 Å². The number of fused-ring (bicyclic) bond motifs is 1. The number of benzene rings is 1. The standard InChI is InChI=1S/C19H23NO7/c1-9(2)17(18(22)23)20-16(21)7-12-10(3)11-6-14(25-4)15(26-5)8-13(11)27-19(12)24/h6,8-9,17H,7H2,1-5H3,(H,20,21)(H,22,23). The monoisotopic (exact) mass is 377 g/mol. The van der Waals surface area contributed by atoms with Crippen LogP contribution in [0.1, 0.15) is 25.0 Å². The van der Waals surface area contributed by atoms with E-state index in [0.29, 0.717) is 28.0 Å². The summed E-state index contributed by atoms with van der Waals surface area (Å²) in [6.07, 6.45) is -0.283. The second-order valence-corrected chi connectivity index (χ2v) is 6.50. The Morgan fingerprint density at radius 2 is 1.78 bits per heavy atom. The first-order chi connectivity index (χ1) is 12.7. The smallest absolute Gasteiger partial charge is 0.340 e. The molecule has 27 heavy (non-hydrogen) atoms. The van der Waals surface area contributed by atoms with E-state index >= 15 is 0 Å². The van der Waals surface area contributed by atoms with Crippen LogP contribution in [0, 0.1) is 12.8 Å². The predicted molar refractivity (Wildman–Crippen MR) is 98.4 cm³/mol. The summed E-state index contributed by atoms with van der Waals surface area (Å²) in [7, 11) is 2.96. The molecule has 8 heteroatoms. The predicted octanol–water partition coefficient (Wildman–Crippen LogP) is 1.89. The van der Waals surface area contributed by atoms with Gasteiger partial charge in [0, 0.05) is 11.5 Å². The van der Waals surface area contributed by atoms with E-state index in [1.54, 1.807) is 32.9 Å². The number of carbonyl (C=O) groups is 2. The Kier molecular flexibility index (Phi) is 6.09. The molecule has 0 saturated heterocycles. The SMILES string of the molecule is COc1cc2oc(=O)c(CC(=O)NC(C(=O)O)C(C)C)c(C)c2cc1OC. The van der Waals surface area contributed by atoms with Gasteiger partial charge in [-0.3, -0.25) is 4.79 Å². The van der Waals surface area contributed by atoms with E-state index in [2.05, 4.69) is 5.32 Å². The number of nitrogens with one attached hydrogen (secondary N) is 1. The van der Waals surface area contributed by atoms with Gasteiger partial charge < -0.3 is 24.3 Å². The first-order valence-corrected chi connectivity index (χ1v) is 8.40. The van der Waals surface area contributed by atoms with Gasteiger partial charge in [0.25, 0.3) is 0 Å². The summed E-state index contributed by atoms with van der Waals surface area (Å²) in [6, 6.07) is 2.18. The number of hydrogen-bond acceptors (Lipinski definition) is 6. The molecule has 0 fully saturated rings. The van der Waals surface area contributed by atoms with Gasteiger partial charge in [-0.05, 0) is 24.5 Å². The van der Waals surface area contributed by atoms with Crippen LogP contribution in [0.5, 0.6) is 11.5 Å². The molecule has 0 aliphatic heterocycles. The summed E-state index contributed by atoms with van der Waals surface area (Å²) in [5.74, 6) is -1.11. The third kappa shape index (κ3) is 4.21. The van der Waals surface area contributed by atoms with E-state index in [-0.39, 0.29) is 17.9 Å². The van der Waals surface area contributed by atoms with Crippen molar-refractivity contribution in [2.75, 3.05) is 14.2 Å². The fourth-order valence-corrected chi connectivity index (χ4v) is 2.82. The molecule has 1 aromatic carbocycles. The van der Waals surface area contributed by atoms with Crippen LogP contribution in [-0.4, -0.2) is 37.2 Å². The van der Waals surface area contributed by atoms with E-state index in [4.69, 9.17) is 13.9 Å². The number of methoxy groups -OCH3 is 2. The lowest BCUT2D eigenvalue weighted by molar-refractivity contribution is -0.143. The maximum Gasteiger partial charge on any atom is 0.340 e. The number of hydrogen-bond donors (Lipinski definition) is 2. The molecular formula is C19H23NO7. The van der Waals surface area contributed by atoms with E-state index < -0.39 is 23.5 Å². The van der Waals surface area contributed by atoms with Crippen LogP contribution in [0.2, 0.25) is 0 Å². The van der Waals surface area contributed by atoms with Crippen molar-refractivity contribution in [1.82, 2.24) is 5.32 Å². The molecule has 0 bridgehead atoms. The van der Waals surface area contributed by atoms with Gasteiger partial charge in [-0.25, -0.2) is 9.59 Å². The molecule has 1 aromatic heterocycles. The molecule has 8 nitrogen and oxygen atoms in total. The number of aryl methyl sites for hydroxylation is 1. The number of ether oxygens (including phenoxy) is 2. The van der Waals surface area contributed by atoms with Gasteiger partial charge >= 0.3 is 11.6 Å². The van der Waals surface area contributed by atoms with Crippen LogP contribution in [0.25, 0.3) is 11.0 Å². The minimum absolute atomic E-state index is 0.167. The average molecular weight is 377 g/mol. The molecule has 0 spiro atoms. The molecule has 2 rings (SSSR count). The van der Waals surface area contributed by atoms with Crippen molar-refractivity contribution >= 4 is 22.8 Å². The lowest BCUT2D eigenvalue weighted by Crippen LogP contribution is -2.45. The number of amides is 1. The molecule has 0 radical (unpaired) electrons. The normalized spacial score (nSPS) is 12.1. The molecule has 2 aromatic rings. The summed E-state index contributed by atoms with van der Waals surface area (Å²) >= 11 is 0. The van der Waals surface area contributed by atoms with Gasteiger partial charge in [-0.1, -0.05) is 13.8 Å². The maximum absolute atomic E-state index is 12.4. The van der Waals surface area contributed by atoms with Crippen molar-refractivity contribution in [3.63, 3.8) is 0 Å². The summed E-state index contributed by atoms with van der Waals surface area (Å²) < 4.78 is 15.8. The molecule has 1 amide bonds. The highest BCUT2D eigenvalue weighted by Crippen LogP contribution is 2.33. The fourth-order valence-electron chi connectivity index (χ4n) is 2.82. The van der Waals surface area contributed by atoms with Gasteiger partial charge in [0.1, 0.15) is 11.6 Å². The fraction of sp³-hybridized carbons (Fsp3) is 0.421. The van der Waals surface area contributed by atoms with Crippen LogP contribution in [-0.2, 0) is 16.0 Å². The van der Waals surface area contributed by atoms with Crippen molar-refractivity contribution in [3.05, 3.63) is 33.7 Å². The van der Waals surface area contributed by atoms with Crippen LogP contribution < -0.4 is 20.4 Å². The van der Waals surface area contributed by atoms with Gasteiger partial charge in [0.15, 0.2) is 11.5 Å². The molecule has 1 heterocycles. The number of carboxylic acids is 1. The lowest BCUT2D eigenvalue weighted by atomic mass is 10.0. The summed E-state index contributed by atoms with van der Waals surface area (Å²) in [5, 5.41) is 12.2. The molecule has 0 aliphatic carbocycles. The number of aliphatic carboxylic acids is 1. The van der Waals surface area contributed by atoms with Crippen molar-refractivity contribution < 1.29 is 28.6 Å². The summed E-state index contributed by atoms with van der Waals surface area (Å²) in [5.41, 5.74) is 0.387. The highest BCUT2D eigenvalue weighted by molar-refractivity contribution is 5.88. The Hall–Kier alpha value is -3.03. The number of carbonyl (C=O) groups excluding carboxylic acids is 1. The lowest BCUT2D eigenvalue weighted by Gasteiger charge is -2.18.